The predicted octanol–water partition coefficient (Wildman–Crippen LogP) is 6.53. The summed E-state index contributed by atoms with van der Waals surface area (Å²) in [5, 5.41) is 0. The lowest BCUT2D eigenvalue weighted by atomic mass is 9.59. The number of hydrogen-bond donors (Lipinski definition) is 0. The lowest BCUT2D eigenvalue weighted by molar-refractivity contribution is -0.557. The molecule has 8 heterocycles. The molecule has 0 N–H and O–H groups in total. The number of ether oxygens (including phenoxy) is 4. The van der Waals surface area contributed by atoms with Crippen LogP contribution in [0.3, 0.4) is 0 Å². The maximum atomic E-state index is 14.8. The normalized spacial score (nSPS) is 47.9. The maximum absolute atomic E-state index is 14.8. The fourth-order valence-corrected chi connectivity index (χ4v) is 12.0. The van der Waals surface area contributed by atoms with Crippen molar-refractivity contribution < 1.29 is 73.3 Å². The lowest BCUT2D eigenvalue weighted by Gasteiger charge is -2.57. The van der Waals surface area contributed by atoms with Gasteiger partial charge in [-0.3, -0.25) is 0 Å². The summed E-state index contributed by atoms with van der Waals surface area (Å²) < 4.78 is 140. The average Bonchev–Trinajstić information content (AvgIpc) is 3.36. The zero-order valence-electron chi connectivity index (χ0n) is 27.4. The molecule has 2 aliphatic carbocycles. The van der Waals surface area contributed by atoms with Crippen molar-refractivity contribution in [3.63, 3.8) is 0 Å². The van der Waals surface area contributed by atoms with Crippen molar-refractivity contribution in [2.24, 2.45) is 35.5 Å². The Morgan fingerprint density at radius 2 is 1.02 bits per heavy atom. The smallest absolute Gasteiger partial charge is 0.449 e. The lowest BCUT2D eigenvalue weighted by Crippen LogP contribution is -2.68. The highest BCUT2D eigenvalue weighted by molar-refractivity contribution is 7.91. The van der Waals surface area contributed by atoms with Gasteiger partial charge in [0.1, 0.15) is 0 Å². The van der Waals surface area contributed by atoms with E-state index in [4.69, 9.17) is 38.5 Å². The molecule has 12 atom stereocenters. The molecule has 6 saturated heterocycles. The Balaban J connectivity index is 1.21. The van der Waals surface area contributed by atoms with Crippen molar-refractivity contribution in [3.05, 3.63) is 22.7 Å². The first-order valence-electron chi connectivity index (χ1n) is 16.9. The SMILES string of the molecule is C[C@@H]1CC[C@H]2C(CS(=O)(=O)CC3=C(C(F)(F)F)O[C@@H]4O[C@@]5(C)CCC6[C@H](C)CC[C@@H]3[C@]64OO5)=C(C(F)(F)F)O[C@@H]3O[C@@]4(C)CCC1[C@]32OO4. The summed E-state index contributed by atoms with van der Waals surface area (Å²) in [6.45, 7) is 6.95. The number of sulfone groups is 1. The van der Waals surface area contributed by atoms with Gasteiger partial charge in [0, 0.05) is 36.5 Å². The molecule has 10 aliphatic rings. The number of allylic oxidation sites excluding steroid dienone is 2. The van der Waals surface area contributed by atoms with Crippen molar-refractivity contribution >= 4 is 9.84 Å². The van der Waals surface area contributed by atoms with Crippen LogP contribution in [0.15, 0.2) is 22.7 Å². The Morgan fingerprint density at radius 3 is 1.39 bits per heavy atom. The van der Waals surface area contributed by atoms with Gasteiger partial charge in [-0.15, -0.1) is 0 Å². The third-order valence-corrected chi connectivity index (χ3v) is 14.1. The Hall–Kier alpha value is -1.63. The third-order valence-electron chi connectivity index (χ3n) is 12.6. The molecule has 10 rings (SSSR count). The van der Waals surface area contributed by atoms with E-state index >= 15 is 0 Å². The van der Waals surface area contributed by atoms with Crippen LogP contribution in [-0.4, -0.2) is 67.6 Å². The monoisotopic (exact) mass is 730 g/mol. The highest BCUT2D eigenvalue weighted by Crippen LogP contribution is 2.63. The molecule has 0 aromatic heterocycles. The number of alkyl halides is 6. The fraction of sp³-hybridized carbons (Fsp3) is 0.875. The molecular weight excluding hydrogens is 690 g/mol. The average molecular weight is 731 g/mol. The Kier molecular flexibility index (Phi) is 7.54. The third kappa shape index (κ3) is 5.06. The first-order valence-corrected chi connectivity index (χ1v) is 18.8. The number of halogens is 6. The fourth-order valence-electron chi connectivity index (χ4n) is 10.3. The quantitative estimate of drug-likeness (QED) is 0.234. The summed E-state index contributed by atoms with van der Waals surface area (Å²) in [5.41, 5.74) is -4.40. The van der Waals surface area contributed by atoms with E-state index in [0.717, 1.165) is 0 Å². The molecule has 0 amide bonds. The maximum Gasteiger partial charge on any atom is 0.449 e. The first kappa shape index (κ1) is 34.5. The van der Waals surface area contributed by atoms with Crippen molar-refractivity contribution in [3.8, 4) is 0 Å². The molecule has 2 saturated carbocycles. The van der Waals surface area contributed by atoms with Gasteiger partial charge in [0.25, 0.3) is 0 Å². The molecule has 0 aromatic rings. The summed E-state index contributed by atoms with van der Waals surface area (Å²) in [6, 6.07) is 0. The van der Waals surface area contributed by atoms with Gasteiger partial charge in [0.2, 0.25) is 35.7 Å². The van der Waals surface area contributed by atoms with E-state index < -0.39 is 115 Å². The Labute approximate surface area is 279 Å². The number of rotatable bonds is 4. The second kappa shape index (κ2) is 10.7. The highest BCUT2D eigenvalue weighted by atomic mass is 32.2. The zero-order valence-corrected chi connectivity index (χ0v) is 28.3. The zero-order chi connectivity index (χ0) is 35.2. The van der Waals surface area contributed by atoms with E-state index in [9.17, 15) is 34.8 Å². The van der Waals surface area contributed by atoms with Crippen LogP contribution in [0.5, 0.6) is 0 Å². The summed E-state index contributed by atoms with van der Waals surface area (Å²) in [4.78, 5) is 23.1. The highest BCUT2D eigenvalue weighted by Gasteiger charge is 2.72. The van der Waals surface area contributed by atoms with Crippen LogP contribution in [-0.2, 0) is 48.3 Å². The number of hydrogen-bond acceptors (Lipinski definition) is 10. The van der Waals surface area contributed by atoms with Gasteiger partial charge >= 0.3 is 12.4 Å². The molecule has 2 unspecified atom stereocenters. The van der Waals surface area contributed by atoms with Gasteiger partial charge in [0.05, 0.1) is 11.5 Å². The van der Waals surface area contributed by atoms with Crippen molar-refractivity contribution in [2.75, 3.05) is 11.5 Å². The van der Waals surface area contributed by atoms with E-state index in [0.29, 0.717) is 38.5 Å². The van der Waals surface area contributed by atoms with Crippen molar-refractivity contribution in [1.29, 1.82) is 0 Å². The minimum Gasteiger partial charge on any atom is -0.456 e. The Morgan fingerprint density at radius 1 is 0.633 bits per heavy atom. The standard InChI is InChI=1S/C32H40F6O10S/c1-15-5-7-21-17(23(31(33,34)35)41-25-29(21)19(15)9-11-27(3,43-25)45-47-29)13-49(39,40)14-18-22-8-6-16(2)20-10-12-28(4)44-26(30(20,22)48-46-28)42-24(18)32(36,37)38/h15-16,19-22,25-26H,5-14H2,1-4H3/t15-,16-,19?,20?,21+,22+,25-,26-,27-,28-,29-,30-/m1/s1. The summed E-state index contributed by atoms with van der Waals surface area (Å²) in [6.07, 6.45) is -10.7. The minimum atomic E-state index is -5.14. The van der Waals surface area contributed by atoms with Crippen LogP contribution in [0, 0.1) is 35.5 Å². The van der Waals surface area contributed by atoms with Gasteiger partial charge in [-0.1, -0.05) is 13.8 Å². The van der Waals surface area contributed by atoms with Crippen LogP contribution in [0.2, 0.25) is 0 Å². The molecule has 0 radical (unpaired) electrons. The van der Waals surface area contributed by atoms with Gasteiger partial charge in [0.15, 0.2) is 21.0 Å². The first-order chi connectivity index (χ1) is 22.7. The molecule has 49 heavy (non-hydrogen) atoms. The second-order valence-electron chi connectivity index (χ2n) is 15.7. The van der Waals surface area contributed by atoms with Crippen LogP contribution >= 0.6 is 0 Å². The van der Waals surface area contributed by atoms with E-state index in [1.165, 1.54) is 13.8 Å². The number of fused-ring (bicyclic) bond motifs is 4. The summed E-state index contributed by atoms with van der Waals surface area (Å²) in [5.74, 6) is -11.5. The minimum absolute atomic E-state index is 0.0469. The van der Waals surface area contributed by atoms with Crippen LogP contribution in [0.25, 0.3) is 0 Å². The van der Waals surface area contributed by atoms with Crippen molar-refractivity contribution in [1.82, 2.24) is 0 Å². The van der Waals surface area contributed by atoms with E-state index in [1.54, 1.807) is 0 Å². The molecule has 8 aliphatic heterocycles. The van der Waals surface area contributed by atoms with Crippen LogP contribution in [0.4, 0.5) is 26.3 Å². The molecule has 0 aromatic carbocycles. The van der Waals surface area contributed by atoms with Gasteiger partial charge < -0.3 is 18.9 Å². The van der Waals surface area contributed by atoms with E-state index in [-0.39, 0.29) is 24.7 Å². The summed E-state index contributed by atoms with van der Waals surface area (Å²) in [7, 11) is -4.78. The Bertz CT molecular complexity index is 1470. The molecule has 17 heteroatoms. The molecule has 8 fully saturated rings. The molecule has 10 nitrogen and oxygen atoms in total. The molecular formula is C32H40F6O10S. The second-order valence-corrected chi connectivity index (χ2v) is 17.7. The topological polar surface area (TPSA) is 108 Å². The molecule has 276 valence electrons. The van der Waals surface area contributed by atoms with Gasteiger partial charge in [-0.2, -0.15) is 26.3 Å². The van der Waals surface area contributed by atoms with Crippen molar-refractivity contribution in [2.45, 2.75) is 127 Å². The van der Waals surface area contributed by atoms with Crippen LogP contribution in [0.1, 0.15) is 79.1 Å². The molecule has 4 bridgehead atoms. The van der Waals surface area contributed by atoms with E-state index in [1.807, 2.05) is 13.8 Å². The molecule has 2 spiro atoms. The summed E-state index contributed by atoms with van der Waals surface area (Å²) >= 11 is 0. The van der Waals surface area contributed by atoms with Gasteiger partial charge in [-0.05, 0) is 75.4 Å². The van der Waals surface area contributed by atoms with Gasteiger partial charge in [-0.25, -0.2) is 28.0 Å². The predicted molar refractivity (Wildman–Crippen MR) is 153 cm³/mol. The van der Waals surface area contributed by atoms with Crippen LogP contribution < -0.4 is 0 Å². The van der Waals surface area contributed by atoms with E-state index in [2.05, 4.69) is 0 Å². The largest absolute Gasteiger partial charge is 0.456 e.